The zero-order chi connectivity index (χ0) is 16.9. The van der Waals surface area contributed by atoms with Crippen LogP contribution < -0.4 is 11.1 Å². The van der Waals surface area contributed by atoms with Gasteiger partial charge < -0.3 is 11.1 Å². The van der Waals surface area contributed by atoms with Gasteiger partial charge in [0.1, 0.15) is 0 Å². The SMILES string of the molecule is CCc1cccc(NC(N)=NCCc2nc(C(F)(F)F)cs2)c1.I. The van der Waals surface area contributed by atoms with Gasteiger partial charge in [-0.15, -0.1) is 35.3 Å². The molecule has 1 aromatic heterocycles. The third-order valence-corrected chi connectivity index (χ3v) is 3.97. The minimum Gasteiger partial charge on any atom is -0.370 e. The number of aryl methyl sites for hydroxylation is 1. The van der Waals surface area contributed by atoms with E-state index in [4.69, 9.17) is 5.73 Å². The van der Waals surface area contributed by atoms with E-state index in [1.807, 2.05) is 24.3 Å². The van der Waals surface area contributed by atoms with Crippen LogP contribution in [0.3, 0.4) is 0 Å². The van der Waals surface area contributed by atoms with Crippen LogP contribution in [0.2, 0.25) is 0 Å². The number of alkyl halides is 3. The predicted molar refractivity (Wildman–Crippen MR) is 102 cm³/mol. The van der Waals surface area contributed by atoms with Crippen LogP contribution in [0.4, 0.5) is 18.9 Å². The Labute approximate surface area is 159 Å². The van der Waals surface area contributed by atoms with Gasteiger partial charge in [-0.1, -0.05) is 19.1 Å². The molecule has 2 aromatic rings. The molecule has 0 saturated heterocycles. The van der Waals surface area contributed by atoms with Crippen molar-refractivity contribution >= 4 is 47.0 Å². The first-order valence-corrected chi connectivity index (χ1v) is 7.94. The molecule has 0 fully saturated rings. The van der Waals surface area contributed by atoms with Crippen LogP contribution in [0.25, 0.3) is 0 Å². The molecule has 2 rings (SSSR count). The van der Waals surface area contributed by atoms with Crippen molar-refractivity contribution < 1.29 is 13.2 Å². The fraction of sp³-hybridized carbons (Fsp3) is 0.333. The second-order valence-electron chi connectivity index (χ2n) is 4.82. The third kappa shape index (κ3) is 6.27. The van der Waals surface area contributed by atoms with Gasteiger partial charge >= 0.3 is 6.18 Å². The standard InChI is InChI=1S/C15H17F3N4S.HI/c1-2-10-4-3-5-11(8-10)21-14(19)20-7-6-13-22-12(9-23-13)15(16,17)18;/h3-5,8-9H,2,6-7H2,1H3,(H3,19,20,21);1H. The molecule has 0 radical (unpaired) electrons. The van der Waals surface area contributed by atoms with Crippen molar-refractivity contribution in [1.29, 1.82) is 0 Å². The lowest BCUT2D eigenvalue weighted by atomic mass is 10.1. The first-order chi connectivity index (χ1) is 10.9. The van der Waals surface area contributed by atoms with Crippen molar-refractivity contribution in [1.82, 2.24) is 4.98 Å². The van der Waals surface area contributed by atoms with E-state index in [-0.39, 0.29) is 36.5 Å². The van der Waals surface area contributed by atoms with Crippen LogP contribution in [-0.4, -0.2) is 17.5 Å². The summed E-state index contributed by atoms with van der Waals surface area (Å²) < 4.78 is 37.3. The molecule has 0 amide bonds. The molecule has 9 heteroatoms. The van der Waals surface area contributed by atoms with Crippen molar-refractivity contribution in [3.8, 4) is 0 Å². The molecule has 1 heterocycles. The van der Waals surface area contributed by atoms with E-state index in [2.05, 4.69) is 22.2 Å². The molecule has 3 N–H and O–H groups in total. The number of nitrogens with zero attached hydrogens (tertiary/aromatic N) is 2. The molecule has 0 bridgehead atoms. The number of aliphatic imine (C=N–C) groups is 1. The average molecular weight is 470 g/mol. The topological polar surface area (TPSA) is 63.3 Å². The first-order valence-electron chi connectivity index (χ1n) is 7.06. The molecule has 1 aromatic carbocycles. The van der Waals surface area contributed by atoms with Crippen molar-refractivity contribution in [3.05, 3.63) is 45.9 Å². The van der Waals surface area contributed by atoms with E-state index in [0.717, 1.165) is 28.8 Å². The van der Waals surface area contributed by atoms with E-state index in [1.54, 1.807) is 0 Å². The van der Waals surface area contributed by atoms with E-state index < -0.39 is 11.9 Å². The van der Waals surface area contributed by atoms with Crippen molar-refractivity contribution in [3.63, 3.8) is 0 Å². The Morgan fingerprint density at radius 2 is 2.12 bits per heavy atom. The molecule has 0 unspecified atom stereocenters. The van der Waals surface area contributed by atoms with E-state index in [9.17, 15) is 13.2 Å². The lowest BCUT2D eigenvalue weighted by Gasteiger charge is -2.06. The molecular weight excluding hydrogens is 452 g/mol. The fourth-order valence-electron chi connectivity index (χ4n) is 1.88. The van der Waals surface area contributed by atoms with Crippen LogP contribution in [-0.2, 0) is 19.0 Å². The van der Waals surface area contributed by atoms with Gasteiger partial charge in [0.15, 0.2) is 11.7 Å². The highest BCUT2D eigenvalue weighted by molar-refractivity contribution is 14.0. The quantitative estimate of drug-likeness (QED) is 0.389. The number of benzene rings is 1. The normalized spacial score (nSPS) is 11.9. The van der Waals surface area contributed by atoms with Crippen LogP contribution in [0.1, 0.15) is 23.2 Å². The zero-order valence-corrected chi connectivity index (χ0v) is 16.1. The van der Waals surface area contributed by atoms with Gasteiger partial charge in [0.25, 0.3) is 0 Å². The number of hydrogen-bond acceptors (Lipinski definition) is 3. The summed E-state index contributed by atoms with van der Waals surface area (Å²) >= 11 is 0.975. The highest BCUT2D eigenvalue weighted by Gasteiger charge is 2.33. The Morgan fingerprint density at radius 3 is 2.75 bits per heavy atom. The van der Waals surface area contributed by atoms with Crippen molar-refractivity contribution in [2.45, 2.75) is 25.9 Å². The van der Waals surface area contributed by atoms with Crippen LogP contribution in [0.5, 0.6) is 0 Å². The molecule has 132 valence electrons. The highest BCUT2D eigenvalue weighted by atomic mass is 127. The number of thiazole rings is 1. The maximum atomic E-state index is 12.4. The monoisotopic (exact) mass is 470 g/mol. The number of rotatable bonds is 5. The van der Waals surface area contributed by atoms with Gasteiger partial charge in [0.05, 0.1) is 5.01 Å². The van der Waals surface area contributed by atoms with Gasteiger partial charge in [-0.05, 0) is 24.1 Å². The van der Waals surface area contributed by atoms with Crippen LogP contribution in [0, 0.1) is 0 Å². The summed E-state index contributed by atoms with van der Waals surface area (Å²) in [5.74, 6) is 0.228. The Balaban J connectivity index is 0.00000288. The minimum atomic E-state index is -4.40. The molecule has 0 aliphatic rings. The second kappa shape index (κ2) is 9.21. The molecule has 0 spiro atoms. The summed E-state index contributed by atoms with van der Waals surface area (Å²) in [6, 6.07) is 7.78. The zero-order valence-electron chi connectivity index (χ0n) is 12.9. The number of hydrogen-bond donors (Lipinski definition) is 2. The third-order valence-electron chi connectivity index (χ3n) is 3.06. The lowest BCUT2D eigenvalue weighted by molar-refractivity contribution is -0.140. The number of halogens is 4. The molecule has 0 saturated carbocycles. The largest absolute Gasteiger partial charge is 0.434 e. The fourth-order valence-corrected chi connectivity index (χ4v) is 2.68. The van der Waals surface area contributed by atoms with Crippen molar-refractivity contribution in [2.24, 2.45) is 10.7 Å². The second-order valence-corrected chi connectivity index (χ2v) is 5.76. The molecule has 0 aliphatic heterocycles. The van der Waals surface area contributed by atoms with Crippen LogP contribution in [0.15, 0.2) is 34.6 Å². The molecule has 0 aliphatic carbocycles. The van der Waals surface area contributed by atoms with Gasteiger partial charge in [-0.2, -0.15) is 13.2 Å². The van der Waals surface area contributed by atoms with Gasteiger partial charge in [-0.25, -0.2) is 4.98 Å². The number of anilines is 1. The number of aromatic nitrogens is 1. The summed E-state index contributed by atoms with van der Waals surface area (Å²) in [5.41, 5.74) is 6.92. The maximum Gasteiger partial charge on any atom is 0.434 e. The lowest BCUT2D eigenvalue weighted by Crippen LogP contribution is -2.23. The van der Waals surface area contributed by atoms with Gasteiger partial charge in [0, 0.05) is 24.0 Å². The number of nitrogens with two attached hydrogens (primary N) is 1. The molecule has 0 atom stereocenters. The van der Waals surface area contributed by atoms with E-state index in [0.29, 0.717) is 11.4 Å². The number of nitrogens with one attached hydrogen (secondary N) is 1. The molecular formula is C15H18F3IN4S. The maximum absolute atomic E-state index is 12.4. The Bertz CT molecular complexity index is 685. The number of guanidine groups is 1. The van der Waals surface area contributed by atoms with Crippen molar-refractivity contribution in [2.75, 3.05) is 11.9 Å². The van der Waals surface area contributed by atoms with E-state index >= 15 is 0 Å². The predicted octanol–water partition coefficient (Wildman–Crippen LogP) is 4.31. The smallest absolute Gasteiger partial charge is 0.370 e. The Hall–Kier alpha value is -1.36. The van der Waals surface area contributed by atoms with E-state index in [1.165, 1.54) is 5.56 Å². The summed E-state index contributed by atoms with van der Waals surface area (Å²) in [7, 11) is 0. The first kappa shape index (κ1) is 20.7. The highest BCUT2D eigenvalue weighted by Crippen LogP contribution is 2.30. The van der Waals surface area contributed by atoms with Gasteiger partial charge in [-0.3, -0.25) is 4.99 Å². The summed E-state index contributed by atoms with van der Waals surface area (Å²) in [6.45, 7) is 2.33. The Morgan fingerprint density at radius 1 is 1.38 bits per heavy atom. The van der Waals surface area contributed by atoms with Gasteiger partial charge in [0.2, 0.25) is 0 Å². The molecule has 24 heavy (non-hydrogen) atoms. The van der Waals surface area contributed by atoms with Crippen LogP contribution >= 0.6 is 35.3 Å². The minimum absolute atomic E-state index is 0. The summed E-state index contributed by atoms with van der Waals surface area (Å²) in [4.78, 5) is 7.66. The summed E-state index contributed by atoms with van der Waals surface area (Å²) in [5, 5.41) is 4.36. The Kier molecular flexibility index (Phi) is 7.94. The summed E-state index contributed by atoms with van der Waals surface area (Å²) in [6.07, 6.45) is -3.17. The average Bonchev–Trinajstić information content (AvgIpc) is 2.96. The molecule has 4 nitrogen and oxygen atoms in total.